The Labute approximate surface area is 66.0 Å². The van der Waals surface area contributed by atoms with Crippen LogP contribution in [0.2, 0.25) is 0 Å². The first-order chi connectivity index (χ1) is 5.38. The summed E-state index contributed by atoms with van der Waals surface area (Å²) in [4.78, 5) is 15.5. The Balaban J connectivity index is 2.20. The molecule has 1 saturated carbocycles. The summed E-state index contributed by atoms with van der Waals surface area (Å²) in [5, 5.41) is 0. The number of hydrogen-bond acceptors (Lipinski definition) is 2. The van der Waals surface area contributed by atoms with Crippen molar-refractivity contribution in [2.45, 2.75) is 25.3 Å². The van der Waals surface area contributed by atoms with Gasteiger partial charge < -0.3 is 0 Å². The molecular formula is C9H11NO. The quantitative estimate of drug-likeness (QED) is 0.511. The molecule has 0 bridgehead atoms. The summed E-state index contributed by atoms with van der Waals surface area (Å²) in [6.07, 6.45) is 8.69. The van der Waals surface area contributed by atoms with Gasteiger partial charge in [-0.05, 0) is 18.9 Å². The van der Waals surface area contributed by atoms with Gasteiger partial charge in [-0.25, -0.2) is 0 Å². The highest BCUT2D eigenvalue weighted by atomic mass is 16.1. The first-order valence-electron chi connectivity index (χ1n) is 4.10. The topological polar surface area (TPSA) is 29.4 Å². The monoisotopic (exact) mass is 149 g/mol. The minimum Gasteiger partial charge on any atom is -0.297 e. The van der Waals surface area contributed by atoms with E-state index >= 15 is 0 Å². The van der Waals surface area contributed by atoms with E-state index in [0.717, 1.165) is 19.3 Å². The lowest BCUT2D eigenvalue weighted by molar-refractivity contribution is -0.122. The zero-order valence-corrected chi connectivity index (χ0v) is 6.36. The second-order valence-corrected chi connectivity index (χ2v) is 3.15. The number of fused-ring (bicyclic) bond motifs is 1. The zero-order valence-electron chi connectivity index (χ0n) is 6.36. The van der Waals surface area contributed by atoms with Crippen LogP contribution in [0.15, 0.2) is 17.1 Å². The van der Waals surface area contributed by atoms with Crippen molar-refractivity contribution in [2.75, 3.05) is 0 Å². The third-order valence-electron chi connectivity index (χ3n) is 2.39. The van der Waals surface area contributed by atoms with Crippen LogP contribution in [0, 0.1) is 5.92 Å². The van der Waals surface area contributed by atoms with Crippen molar-refractivity contribution < 1.29 is 4.79 Å². The number of nitrogens with zero attached hydrogens (tertiary/aromatic N) is 1. The van der Waals surface area contributed by atoms with Crippen LogP contribution in [-0.4, -0.2) is 18.0 Å². The zero-order chi connectivity index (χ0) is 7.68. The van der Waals surface area contributed by atoms with Crippen LogP contribution >= 0.6 is 0 Å². The first kappa shape index (κ1) is 6.77. The minimum atomic E-state index is -0.0336. The molecule has 2 heteroatoms. The summed E-state index contributed by atoms with van der Waals surface area (Å²) in [5.41, 5.74) is 0. The summed E-state index contributed by atoms with van der Waals surface area (Å²) in [6.45, 7) is 0. The average Bonchev–Trinajstić information content (AvgIpc) is 2.06. The summed E-state index contributed by atoms with van der Waals surface area (Å²) in [6, 6.07) is -0.0336. The SMILES string of the molecule is O=C1CCCC2C=CC=NC12. The Bertz CT molecular complexity index is 230. The van der Waals surface area contributed by atoms with E-state index in [0.29, 0.717) is 11.7 Å². The first-order valence-corrected chi connectivity index (χ1v) is 4.10. The second kappa shape index (κ2) is 2.61. The average molecular weight is 149 g/mol. The third-order valence-corrected chi connectivity index (χ3v) is 2.39. The predicted molar refractivity (Wildman–Crippen MR) is 43.8 cm³/mol. The van der Waals surface area contributed by atoms with E-state index in [-0.39, 0.29) is 6.04 Å². The molecule has 0 saturated heterocycles. The maximum atomic E-state index is 11.3. The van der Waals surface area contributed by atoms with Gasteiger partial charge in [-0.15, -0.1) is 0 Å². The summed E-state index contributed by atoms with van der Waals surface area (Å²) in [7, 11) is 0. The van der Waals surface area contributed by atoms with Crippen molar-refractivity contribution >= 4 is 12.0 Å². The molecule has 58 valence electrons. The molecule has 0 amide bonds. The summed E-state index contributed by atoms with van der Waals surface area (Å²) < 4.78 is 0. The van der Waals surface area contributed by atoms with E-state index in [1.165, 1.54) is 0 Å². The fourth-order valence-corrected chi connectivity index (χ4v) is 1.79. The van der Waals surface area contributed by atoms with Crippen LogP contribution in [0.25, 0.3) is 0 Å². The predicted octanol–water partition coefficient (Wildman–Crippen LogP) is 1.36. The minimum absolute atomic E-state index is 0.0336. The molecule has 0 radical (unpaired) electrons. The van der Waals surface area contributed by atoms with E-state index in [1.54, 1.807) is 6.21 Å². The largest absolute Gasteiger partial charge is 0.297 e. The molecule has 2 rings (SSSR count). The van der Waals surface area contributed by atoms with Gasteiger partial charge in [0.2, 0.25) is 0 Å². The normalized spacial score (nSPS) is 35.5. The lowest BCUT2D eigenvalue weighted by atomic mass is 9.83. The maximum Gasteiger partial charge on any atom is 0.157 e. The molecule has 1 aliphatic heterocycles. The molecule has 1 fully saturated rings. The number of carbonyl (C=O) groups excluding carboxylic acids is 1. The van der Waals surface area contributed by atoms with Gasteiger partial charge in [-0.2, -0.15) is 0 Å². The molecule has 11 heavy (non-hydrogen) atoms. The number of allylic oxidation sites excluding steroid dienone is 1. The van der Waals surface area contributed by atoms with E-state index in [9.17, 15) is 4.79 Å². The number of ketones is 1. The molecule has 0 aromatic rings. The second-order valence-electron chi connectivity index (χ2n) is 3.15. The third kappa shape index (κ3) is 1.13. The molecule has 0 spiro atoms. The van der Waals surface area contributed by atoms with E-state index in [2.05, 4.69) is 11.1 Å². The molecule has 0 aromatic carbocycles. The Kier molecular flexibility index (Phi) is 1.60. The Morgan fingerprint density at radius 3 is 3.27 bits per heavy atom. The molecular weight excluding hydrogens is 138 g/mol. The number of aliphatic imine (C=N–C) groups is 1. The van der Waals surface area contributed by atoms with Crippen LogP contribution in [-0.2, 0) is 4.79 Å². The number of dihydropyridines is 1. The molecule has 1 aliphatic carbocycles. The highest BCUT2D eigenvalue weighted by Gasteiger charge is 2.29. The standard InChI is InChI=1S/C9H11NO/c11-8-5-1-3-7-4-2-6-10-9(7)8/h2,4,6-7,9H,1,3,5H2. The van der Waals surface area contributed by atoms with Crippen molar-refractivity contribution in [3.8, 4) is 0 Å². The van der Waals surface area contributed by atoms with Crippen molar-refractivity contribution in [2.24, 2.45) is 10.9 Å². The lowest BCUT2D eigenvalue weighted by Crippen LogP contribution is -2.32. The number of rotatable bonds is 0. The van der Waals surface area contributed by atoms with Crippen molar-refractivity contribution in [3.05, 3.63) is 12.2 Å². The van der Waals surface area contributed by atoms with Crippen molar-refractivity contribution in [1.82, 2.24) is 0 Å². The summed E-state index contributed by atoms with van der Waals surface area (Å²) >= 11 is 0. The van der Waals surface area contributed by atoms with Crippen LogP contribution in [0.5, 0.6) is 0 Å². The Hall–Kier alpha value is -0.920. The Morgan fingerprint density at radius 1 is 1.55 bits per heavy atom. The van der Waals surface area contributed by atoms with E-state index in [4.69, 9.17) is 0 Å². The molecule has 2 nitrogen and oxygen atoms in total. The fourth-order valence-electron chi connectivity index (χ4n) is 1.79. The van der Waals surface area contributed by atoms with Gasteiger partial charge in [-0.1, -0.05) is 6.08 Å². The lowest BCUT2D eigenvalue weighted by Gasteiger charge is -2.26. The molecule has 2 atom stereocenters. The maximum absolute atomic E-state index is 11.3. The van der Waals surface area contributed by atoms with Crippen LogP contribution in [0.1, 0.15) is 19.3 Å². The van der Waals surface area contributed by atoms with Crippen molar-refractivity contribution in [3.63, 3.8) is 0 Å². The molecule has 0 aromatic heterocycles. The van der Waals surface area contributed by atoms with Gasteiger partial charge in [0.25, 0.3) is 0 Å². The van der Waals surface area contributed by atoms with E-state index < -0.39 is 0 Å². The van der Waals surface area contributed by atoms with Crippen LogP contribution in [0.4, 0.5) is 0 Å². The van der Waals surface area contributed by atoms with Gasteiger partial charge in [0, 0.05) is 18.6 Å². The molecule has 2 aliphatic rings. The summed E-state index contributed by atoms with van der Waals surface area (Å²) in [5.74, 6) is 0.725. The smallest absolute Gasteiger partial charge is 0.157 e. The van der Waals surface area contributed by atoms with Gasteiger partial charge in [0.05, 0.1) is 0 Å². The van der Waals surface area contributed by atoms with Crippen LogP contribution < -0.4 is 0 Å². The van der Waals surface area contributed by atoms with Gasteiger partial charge >= 0.3 is 0 Å². The van der Waals surface area contributed by atoms with Gasteiger partial charge in [-0.3, -0.25) is 9.79 Å². The number of hydrogen-bond donors (Lipinski definition) is 0. The van der Waals surface area contributed by atoms with Gasteiger partial charge in [0.1, 0.15) is 6.04 Å². The van der Waals surface area contributed by atoms with Gasteiger partial charge in [0.15, 0.2) is 5.78 Å². The van der Waals surface area contributed by atoms with Crippen LogP contribution in [0.3, 0.4) is 0 Å². The highest BCUT2D eigenvalue weighted by molar-refractivity contribution is 5.88. The van der Waals surface area contributed by atoms with E-state index in [1.807, 2.05) is 6.08 Å². The molecule has 2 unspecified atom stereocenters. The van der Waals surface area contributed by atoms with Crippen molar-refractivity contribution in [1.29, 1.82) is 0 Å². The Morgan fingerprint density at radius 2 is 2.45 bits per heavy atom. The number of carbonyl (C=O) groups is 1. The highest BCUT2D eigenvalue weighted by Crippen LogP contribution is 2.26. The molecule has 0 N–H and O–H groups in total. The number of Topliss-reactive ketones (excluding diaryl/α,β-unsaturated/α-hetero) is 1. The fraction of sp³-hybridized carbons (Fsp3) is 0.556. The molecule has 1 heterocycles.